The van der Waals surface area contributed by atoms with Crippen LogP contribution in [0, 0.1) is 5.92 Å². The smallest absolute Gasteiger partial charge is 0.225 e. The maximum Gasteiger partial charge on any atom is 0.225 e. The van der Waals surface area contributed by atoms with Crippen molar-refractivity contribution in [1.82, 2.24) is 4.90 Å². The molecule has 0 aromatic heterocycles. The van der Waals surface area contributed by atoms with Crippen LogP contribution in [0.4, 0.5) is 0 Å². The molecule has 1 rings (SSSR count). The van der Waals surface area contributed by atoms with E-state index in [-0.39, 0.29) is 24.5 Å². The number of aliphatic hydroxyl groups is 1. The van der Waals surface area contributed by atoms with Crippen molar-refractivity contribution in [3.63, 3.8) is 0 Å². The van der Waals surface area contributed by atoms with Crippen molar-refractivity contribution >= 4 is 5.91 Å². The molecule has 1 heterocycles. The van der Waals surface area contributed by atoms with E-state index in [1.807, 2.05) is 18.7 Å². The largest absolute Gasteiger partial charge is 0.394 e. The van der Waals surface area contributed by atoms with E-state index in [0.29, 0.717) is 0 Å². The molecule has 0 aromatic carbocycles. The van der Waals surface area contributed by atoms with E-state index in [9.17, 15) is 4.79 Å². The summed E-state index contributed by atoms with van der Waals surface area (Å²) in [7, 11) is 0. The average molecular weight is 171 g/mol. The second kappa shape index (κ2) is 3.90. The number of hydrogen-bond donors (Lipinski definition) is 1. The molecule has 0 spiro atoms. The van der Waals surface area contributed by atoms with E-state index in [4.69, 9.17) is 5.11 Å². The van der Waals surface area contributed by atoms with Crippen LogP contribution in [0.2, 0.25) is 0 Å². The molecule has 1 atom stereocenters. The predicted octanol–water partition coefficient (Wildman–Crippen LogP) is 0.626. The molecule has 3 heteroatoms. The summed E-state index contributed by atoms with van der Waals surface area (Å²) in [6, 6.07) is 0.0832. The van der Waals surface area contributed by atoms with Crippen LogP contribution in [0.3, 0.4) is 0 Å². The fourth-order valence-corrected chi connectivity index (χ4v) is 1.65. The maximum atomic E-state index is 11.5. The molecular formula is C9H17NO2. The first kappa shape index (κ1) is 9.52. The van der Waals surface area contributed by atoms with Crippen molar-refractivity contribution in [2.24, 2.45) is 5.92 Å². The summed E-state index contributed by atoms with van der Waals surface area (Å²) in [5, 5.41) is 8.97. The SMILES string of the molecule is CC(C)C(=O)N1CCC[C@H]1CO. The summed E-state index contributed by atoms with van der Waals surface area (Å²) in [5.41, 5.74) is 0. The lowest BCUT2D eigenvalue weighted by Gasteiger charge is -2.24. The number of nitrogens with zero attached hydrogens (tertiary/aromatic N) is 1. The summed E-state index contributed by atoms with van der Waals surface area (Å²) in [6.45, 7) is 4.73. The van der Waals surface area contributed by atoms with Crippen molar-refractivity contribution in [3.05, 3.63) is 0 Å². The van der Waals surface area contributed by atoms with Gasteiger partial charge in [0, 0.05) is 12.5 Å². The van der Waals surface area contributed by atoms with Crippen LogP contribution >= 0.6 is 0 Å². The molecule has 0 bridgehead atoms. The maximum absolute atomic E-state index is 11.5. The normalized spacial score (nSPS) is 23.7. The van der Waals surface area contributed by atoms with Gasteiger partial charge in [-0.2, -0.15) is 0 Å². The van der Waals surface area contributed by atoms with E-state index < -0.39 is 0 Å². The van der Waals surface area contributed by atoms with Gasteiger partial charge >= 0.3 is 0 Å². The summed E-state index contributed by atoms with van der Waals surface area (Å²) in [5.74, 6) is 0.226. The van der Waals surface area contributed by atoms with Gasteiger partial charge in [-0.25, -0.2) is 0 Å². The zero-order valence-corrected chi connectivity index (χ0v) is 7.79. The lowest BCUT2D eigenvalue weighted by Crippen LogP contribution is -2.39. The lowest BCUT2D eigenvalue weighted by atomic mass is 10.1. The van der Waals surface area contributed by atoms with E-state index in [2.05, 4.69) is 0 Å². The van der Waals surface area contributed by atoms with E-state index in [0.717, 1.165) is 19.4 Å². The zero-order chi connectivity index (χ0) is 9.14. The Hall–Kier alpha value is -0.570. The minimum atomic E-state index is 0.0529. The highest BCUT2D eigenvalue weighted by Crippen LogP contribution is 2.18. The highest BCUT2D eigenvalue weighted by Gasteiger charge is 2.28. The molecule has 1 N–H and O–H groups in total. The number of likely N-dealkylation sites (tertiary alicyclic amines) is 1. The fraction of sp³-hybridized carbons (Fsp3) is 0.889. The summed E-state index contributed by atoms with van der Waals surface area (Å²) >= 11 is 0. The molecule has 1 fully saturated rings. The van der Waals surface area contributed by atoms with Crippen LogP contribution in [0.25, 0.3) is 0 Å². The van der Waals surface area contributed by atoms with Crippen LogP contribution in [0.1, 0.15) is 26.7 Å². The van der Waals surface area contributed by atoms with Gasteiger partial charge in [0.25, 0.3) is 0 Å². The standard InChI is InChI=1S/C9H17NO2/c1-7(2)9(12)10-5-3-4-8(10)6-11/h7-8,11H,3-6H2,1-2H3/t8-/m0/s1. The third kappa shape index (κ3) is 1.78. The number of carbonyl (C=O) groups excluding carboxylic acids is 1. The number of rotatable bonds is 2. The Morgan fingerprint density at radius 2 is 2.33 bits per heavy atom. The van der Waals surface area contributed by atoms with E-state index in [1.54, 1.807) is 0 Å². The molecule has 0 saturated carbocycles. The van der Waals surface area contributed by atoms with Crippen molar-refractivity contribution in [3.8, 4) is 0 Å². The second-order valence-corrected chi connectivity index (χ2v) is 3.66. The molecule has 0 aromatic rings. The zero-order valence-electron chi connectivity index (χ0n) is 7.79. The van der Waals surface area contributed by atoms with Crippen molar-refractivity contribution < 1.29 is 9.90 Å². The van der Waals surface area contributed by atoms with Crippen LogP contribution < -0.4 is 0 Å². The van der Waals surface area contributed by atoms with Gasteiger partial charge in [-0.15, -0.1) is 0 Å². The molecule has 1 amide bonds. The first-order valence-electron chi connectivity index (χ1n) is 4.58. The third-order valence-corrected chi connectivity index (χ3v) is 2.36. The molecule has 3 nitrogen and oxygen atoms in total. The Kier molecular flexibility index (Phi) is 3.09. The quantitative estimate of drug-likeness (QED) is 0.662. The monoisotopic (exact) mass is 171 g/mol. The molecule has 0 aliphatic carbocycles. The highest BCUT2D eigenvalue weighted by molar-refractivity contribution is 5.78. The summed E-state index contributed by atoms with van der Waals surface area (Å²) in [6.07, 6.45) is 1.98. The van der Waals surface area contributed by atoms with E-state index in [1.165, 1.54) is 0 Å². The number of carbonyl (C=O) groups is 1. The van der Waals surface area contributed by atoms with Gasteiger partial charge in [-0.1, -0.05) is 13.8 Å². The van der Waals surface area contributed by atoms with Gasteiger partial charge in [0.2, 0.25) is 5.91 Å². The Morgan fingerprint density at radius 1 is 1.67 bits per heavy atom. The number of aliphatic hydroxyl groups excluding tert-OH is 1. The molecule has 1 aliphatic rings. The van der Waals surface area contributed by atoms with Gasteiger partial charge in [0.1, 0.15) is 0 Å². The van der Waals surface area contributed by atoms with Gasteiger partial charge in [0.05, 0.1) is 12.6 Å². The molecule has 0 unspecified atom stereocenters. The molecule has 1 saturated heterocycles. The second-order valence-electron chi connectivity index (χ2n) is 3.66. The number of hydrogen-bond acceptors (Lipinski definition) is 2. The van der Waals surface area contributed by atoms with Crippen molar-refractivity contribution in [2.45, 2.75) is 32.7 Å². The first-order valence-corrected chi connectivity index (χ1v) is 4.58. The Bertz CT molecular complexity index is 168. The van der Waals surface area contributed by atoms with Gasteiger partial charge in [-0.05, 0) is 12.8 Å². The first-order chi connectivity index (χ1) is 5.66. The Morgan fingerprint density at radius 3 is 2.83 bits per heavy atom. The van der Waals surface area contributed by atoms with Crippen molar-refractivity contribution in [2.75, 3.05) is 13.2 Å². The average Bonchev–Trinajstić information content (AvgIpc) is 2.49. The predicted molar refractivity (Wildman–Crippen MR) is 46.7 cm³/mol. The molecular weight excluding hydrogens is 154 g/mol. The van der Waals surface area contributed by atoms with E-state index >= 15 is 0 Å². The molecule has 0 radical (unpaired) electrons. The molecule has 12 heavy (non-hydrogen) atoms. The Labute approximate surface area is 73.4 Å². The summed E-state index contributed by atoms with van der Waals surface area (Å²) in [4.78, 5) is 13.3. The molecule has 1 aliphatic heterocycles. The van der Waals surface area contributed by atoms with Crippen LogP contribution in [0.5, 0.6) is 0 Å². The van der Waals surface area contributed by atoms with Gasteiger partial charge < -0.3 is 10.0 Å². The van der Waals surface area contributed by atoms with Gasteiger partial charge in [-0.3, -0.25) is 4.79 Å². The minimum absolute atomic E-state index is 0.0529. The van der Waals surface area contributed by atoms with Crippen molar-refractivity contribution in [1.29, 1.82) is 0 Å². The third-order valence-electron chi connectivity index (χ3n) is 2.36. The Balaban J connectivity index is 2.55. The minimum Gasteiger partial charge on any atom is -0.394 e. The topological polar surface area (TPSA) is 40.5 Å². The number of amides is 1. The summed E-state index contributed by atoms with van der Waals surface area (Å²) < 4.78 is 0. The highest BCUT2D eigenvalue weighted by atomic mass is 16.3. The fourth-order valence-electron chi connectivity index (χ4n) is 1.65. The van der Waals surface area contributed by atoms with Gasteiger partial charge in [0.15, 0.2) is 0 Å². The van der Waals surface area contributed by atoms with Crippen LogP contribution in [0.15, 0.2) is 0 Å². The lowest BCUT2D eigenvalue weighted by molar-refractivity contribution is -0.135. The van der Waals surface area contributed by atoms with Crippen LogP contribution in [-0.2, 0) is 4.79 Å². The molecule has 70 valence electrons. The van der Waals surface area contributed by atoms with Crippen LogP contribution in [-0.4, -0.2) is 35.1 Å².